The van der Waals surface area contributed by atoms with Crippen molar-refractivity contribution in [1.82, 2.24) is 5.32 Å². The Morgan fingerprint density at radius 2 is 1.86 bits per heavy atom. The van der Waals surface area contributed by atoms with Crippen molar-refractivity contribution in [2.45, 2.75) is 18.4 Å². The van der Waals surface area contributed by atoms with Gasteiger partial charge in [-0.2, -0.15) is 0 Å². The summed E-state index contributed by atoms with van der Waals surface area (Å²) in [6.45, 7) is 2.89. The fourth-order valence-corrected chi connectivity index (χ4v) is 4.86. The Morgan fingerprint density at radius 1 is 1.09 bits per heavy atom. The first-order valence-electron chi connectivity index (χ1n) is 10.9. The zero-order valence-corrected chi connectivity index (χ0v) is 20.1. The maximum Gasteiger partial charge on any atom is 0.414 e. The third-order valence-electron chi connectivity index (χ3n) is 5.46. The lowest BCUT2D eigenvalue weighted by atomic mass is 10.1. The van der Waals surface area contributed by atoms with Gasteiger partial charge in [-0.15, -0.1) is 0 Å². The van der Waals surface area contributed by atoms with Crippen LogP contribution in [-0.4, -0.2) is 40.7 Å². The zero-order chi connectivity index (χ0) is 25.0. The number of ether oxygens (including phenoxy) is 2. The van der Waals surface area contributed by atoms with Crippen LogP contribution in [0.15, 0.2) is 71.6 Å². The van der Waals surface area contributed by atoms with Crippen molar-refractivity contribution in [2.24, 2.45) is 0 Å². The Balaban J connectivity index is 1.50. The minimum Gasteiger partial charge on any atom is -0.495 e. The highest BCUT2D eigenvalue weighted by atomic mass is 32.2. The number of nitrogens with zero attached hydrogens (tertiary/aromatic N) is 1. The molecule has 0 saturated carbocycles. The molecule has 2 N–H and O–H groups in total. The number of carbonyl (C=O) groups is 2. The average molecular weight is 496 g/mol. The molecule has 1 fully saturated rings. The number of hydrogen-bond acceptors (Lipinski definition) is 6. The van der Waals surface area contributed by atoms with Gasteiger partial charge in [-0.25, -0.2) is 13.2 Å². The molecule has 0 aliphatic carbocycles. The number of hydrogen-bond donors (Lipinski definition) is 2. The largest absolute Gasteiger partial charge is 0.495 e. The van der Waals surface area contributed by atoms with Crippen molar-refractivity contribution >= 4 is 33.4 Å². The molecule has 0 bridgehead atoms. The van der Waals surface area contributed by atoms with E-state index in [0.29, 0.717) is 24.5 Å². The van der Waals surface area contributed by atoms with Gasteiger partial charge in [0, 0.05) is 23.5 Å². The Bertz CT molecular complexity index is 1360. The standard InChI is InChI=1S/C25H25N3O6S/c1-17-6-9-20(10-7-17)27-35(31,32)23-15-19(8-11-22(23)33-2)24(29)26-16-18-4-3-5-21(14-18)28-12-13-34-25(28)30/h3-11,14-15,27H,12-13,16H2,1-2H3,(H,26,29). The second-order valence-electron chi connectivity index (χ2n) is 7.96. The predicted octanol–water partition coefficient (Wildman–Crippen LogP) is 3.69. The molecule has 0 spiro atoms. The molecule has 0 aromatic heterocycles. The third kappa shape index (κ3) is 5.55. The van der Waals surface area contributed by atoms with Gasteiger partial charge in [-0.05, 0) is 55.0 Å². The number of benzene rings is 3. The van der Waals surface area contributed by atoms with Gasteiger partial charge in [0.1, 0.15) is 17.3 Å². The number of anilines is 2. The molecule has 3 aromatic carbocycles. The second kappa shape index (κ2) is 10.1. The van der Waals surface area contributed by atoms with E-state index in [1.807, 2.05) is 13.0 Å². The van der Waals surface area contributed by atoms with E-state index in [4.69, 9.17) is 9.47 Å². The van der Waals surface area contributed by atoms with E-state index in [9.17, 15) is 18.0 Å². The van der Waals surface area contributed by atoms with Crippen molar-refractivity contribution in [3.63, 3.8) is 0 Å². The molecular formula is C25H25N3O6S. The van der Waals surface area contributed by atoms with Crippen molar-refractivity contribution in [3.05, 3.63) is 83.4 Å². The molecule has 1 aliphatic rings. The Labute approximate surface area is 203 Å². The highest BCUT2D eigenvalue weighted by Gasteiger charge is 2.24. The molecule has 9 nitrogen and oxygen atoms in total. The molecule has 1 aliphatic heterocycles. The fraction of sp³-hybridized carbons (Fsp3) is 0.200. The smallest absolute Gasteiger partial charge is 0.414 e. The number of nitrogens with one attached hydrogen (secondary N) is 2. The van der Waals surface area contributed by atoms with Crippen LogP contribution in [0.1, 0.15) is 21.5 Å². The minimum absolute atomic E-state index is 0.117. The van der Waals surface area contributed by atoms with Crippen LogP contribution in [0.4, 0.5) is 16.2 Å². The molecule has 1 heterocycles. The number of carbonyl (C=O) groups excluding carboxylic acids is 2. The van der Waals surface area contributed by atoms with Gasteiger partial charge in [-0.1, -0.05) is 29.8 Å². The Hall–Kier alpha value is -4.05. The molecule has 10 heteroatoms. The lowest BCUT2D eigenvalue weighted by Crippen LogP contribution is -2.25. The van der Waals surface area contributed by atoms with Crippen LogP contribution in [0.5, 0.6) is 5.75 Å². The number of rotatable bonds is 8. The lowest BCUT2D eigenvalue weighted by Gasteiger charge is -2.15. The third-order valence-corrected chi connectivity index (χ3v) is 6.86. The van der Waals surface area contributed by atoms with Crippen LogP contribution in [0.2, 0.25) is 0 Å². The Kier molecular flexibility index (Phi) is 6.92. The minimum atomic E-state index is -4.02. The molecule has 35 heavy (non-hydrogen) atoms. The van der Waals surface area contributed by atoms with Crippen molar-refractivity contribution in [3.8, 4) is 5.75 Å². The summed E-state index contributed by atoms with van der Waals surface area (Å²) in [4.78, 5) is 26.0. The van der Waals surface area contributed by atoms with Gasteiger partial charge < -0.3 is 14.8 Å². The number of sulfonamides is 1. The maximum absolute atomic E-state index is 13.0. The first kappa shape index (κ1) is 24.1. The molecular weight excluding hydrogens is 470 g/mol. The summed E-state index contributed by atoms with van der Waals surface area (Å²) >= 11 is 0. The molecule has 0 radical (unpaired) electrons. The SMILES string of the molecule is COc1ccc(C(=O)NCc2cccc(N3CCOC3=O)c2)cc1S(=O)(=O)Nc1ccc(C)cc1. The van der Waals surface area contributed by atoms with E-state index in [1.165, 1.54) is 30.2 Å². The van der Waals surface area contributed by atoms with Crippen LogP contribution < -0.4 is 19.7 Å². The van der Waals surface area contributed by atoms with Crippen LogP contribution in [0, 0.1) is 6.92 Å². The lowest BCUT2D eigenvalue weighted by molar-refractivity contribution is 0.0950. The Morgan fingerprint density at radius 3 is 2.54 bits per heavy atom. The molecule has 4 rings (SSSR count). The summed E-state index contributed by atoms with van der Waals surface area (Å²) in [6.07, 6.45) is -0.405. The van der Waals surface area contributed by atoms with E-state index < -0.39 is 22.0 Å². The van der Waals surface area contributed by atoms with Crippen LogP contribution in [0.25, 0.3) is 0 Å². The van der Waals surface area contributed by atoms with E-state index in [2.05, 4.69) is 10.0 Å². The number of cyclic esters (lactones) is 1. The average Bonchev–Trinajstić information content (AvgIpc) is 3.29. The van der Waals surface area contributed by atoms with Gasteiger partial charge in [0.2, 0.25) is 0 Å². The maximum atomic E-state index is 13.0. The van der Waals surface area contributed by atoms with E-state index in [-0.39, 0.29) is 22.8 Å². The molecule has 182 valence electrons. The van der Waals surface area contributed by atoms with Gasteiger partial charge in [0.05, 0.1) is 13.7 Å². The van der Waals surface area contributed by atoms with Crippen LogP contribution >= 0.6 is 0 Å². The highest BCUT2D eigenvalue weighted by molar-refractivity contribution is 7.92. The summed E-state index contributed by atoms with van der Waals surface area (Å²) in [5, 5.41) is 2.79. The fourth-order valence-electron chi connectivity index (χ4n) is 3.61. The van der Waals surface area contributed by atoms with Gasteiger partial charge >= 0.3 is 6.09 Å². The number of amides is 2. The molecule has 0 atom stereocenters. The van der Waals surface area contributed by atoms with Gasteiger partial charge in [0.15, 0.2) is 0 Å². The summed E-state index contributed by atoms with van der Waals surface area (Å²) < 4.78 is 38.8. The normalized spacial score (nSPS) is 13.3. The first-order valence-corrected chi connectivity index (χ1v) is 12.3. The predicted molar refractivity (Wildman–Crippen MR) is 131 cm³/mol. The van der Waals surface area contributed by atoms with Crippen molar-refractivity contribution in [2.75, 3.05) is 29.9 Å². The molecule has 2 amide bonds. The summed E-state index contributed by atoms with van der Waals surface area (Å²) in [6, 6.07) is 18.3. The summed E-state index contributed by atoms with van der Waals surface area (Å²) in [5.74, 6) is -0.336. The van der Waals surface area contributed by atoms with Gasteiger partial charge in [-0.3, -0.25) is 14.4 Å². The van der Waals surface area contributed by atoms with E-state index in [0.717, 1.165) is 11.1 Å². The van der Waals surface area contributed by atoms with Gasteiger partial charge in [0.25, 0.3) is 15.9 Å². The molecule has 3 aromatic rings. The first-order chi connectivity index (χ1) is 16.8. The second-order valence-corrected chi connectivity index (χ2v) is 9.61. The summed E-state index contributed by atoms with van der Waals surface area (Å²) in [7, 11) is -2.65. The molecule has 0 unspecified atom stereocenters. The van der Waals surface area contributed by atoms with E-state index >= 15 is 0 Å². The van der Waals surface area contributed by atoms with Crippen LogP contribution in [-0.2, 0) is 21.3 Å². The van der Waals surface area contributed by atoms with Crippen molar-refractivity contribution in [1.29, 1.82) is 0 Å². The summed E-state index contributed by atoms with van der Waals surface area (Å²) in [5.41, 5.74) is 3.01. The van der Waals surface area contributed by atoms with Crippen LogP contribution in [0.3, 0.4) is 0 Å². The zero-order valence-electron chi connectivity index (χ0n) is 19.3. The van der Waals surface area contributed by atoms with E-state index in [1.54, 1.807) is 42.5 Å². The topological polar surface area (TPSA) is 114 Å². The van der Waals surface area contributed by atoms with Crippen molar-refractivity contribution < 1.29 is 27.5 Å². The number of methoxy groups -OCH3 is 1. The number of aryl methyl sites for hydroxylation is 1. The quantitative estimate of drug-likeness (QED) is 0.493. The monoisotopic (exact) mass is 495 g/mol. The highest BCUT2D eigenvalue weighted by Crippen LogP contribution is 2.27. The molecule has 1 saturated heterocycles.